The molecule has 0 radical (unpaired) electrons. The smallest absolute Gasteiger partial charge is 0.410 e. The van der Waals surface area contributed by atoms with Crippen LogP contribution < -0.4 is 21.7 Å². The molecule has 0 rings (SSSR count). The fraction of sp³-hybridized carbons (Fsp3) is 0.846. The number of unbranched alkanes of at least 4 members (excludes halogenated alkanes) is 4. The highest BCUT2D eigenvalue weighted by Gasteiger charge is 2.22. The summed E-state index contributed by atoms with van der Waals surface area (Å²) < 4.78 is 15.8. The number of amides is 4. The molecule has 0 unspecified atom stereocenters. The van der Waals surface area contributed by atoms with Gasteiger partial charge in [-0.1, -0.05) is 12.8 Å². The molecule has 0 saturated carbocycles. The van der Waals surface area contributed by atoms with Crippen molar-refractivity contribution >= 4 is 24.2 Å². The largest absolute Gasteiger partial charge is 0.450 e. The van der Waals surface area contributed by atoms with Crippen LogP contribution in [0.1, 0.15) is 92.9 Å². The Hall–Kier alpha value is -2.76. The van der Waals surface area contributed by atoms with E-state index < -0.39 is 29.5 Å². The fourth-order valence-electron chi connectivity index (χ4n) is 3.10. The third-order valence-electron chi connectivity index (χ3n) is 4.86. The van der Waals surface area contributed by atoms with Crippen molar-refractivity contribution in [3.05, 3.63) is 0 Å². The Balaban J connectivity index is 4.23. The summed E-state index contributed by atoms with van der Waals surface area (Å²) in [4.78, 5) is 49.5. The van der Waals surface area contributed by atoms with Crippen LogP contribution >= 0.6 is 0 Å². The lowest BCUT2D eigenvalue weighted by atomic mass is 10.1. The van der Waals surface area contributed by atoms with E-state index >= 15 is 0 Å². The number of nitrogens with zero attached hydrogens (tertiary/aromatic N) is 1. The van der Waals surface area contributed by atoms with Crippen LogP contribution in [0.15, 0.2) is 0 Å². The molecule has 0 bridgehead atoms. The molecule has 0 aromatic heterocycles. The van der Waals surface area contributed by atoms with Crippen molar-refractivity contribution in [1.29, 1.82) is 0 Å². The highest BCUT2D eigenvalue weighted by Crippen LogP contribution is 2.11. The van der Waals surface area contributed by atoms with E-state index in [-0.39, 0.29) is 19.2 Å². The first-order valence-corrected chi connectivity index (χ1v) is 13.6. The molecular formula is C26H51N5O7. The van der Waals surface area contributed by atoms with Gasteiger partial charge >= 0.3 is 18.3 Å². The standard InChI is InChI=1S/C26H51N5O7/c1-25(2,3)37-23(34)28-16-13-18-31(24(35)38-26(4,5)6)17-11-12-19-36-22(33)30-20-29-21(32)14-9-7-8-10-15-27/h7-20,27H2,1-6H3,(H,28,34)(H,29,32)(H,30,33). The average Bonchev–Trinajstić information content (AvgIpc) is 2.77. The number of nitrogens with two attached hydrogens (primary N) is 1. The van der Waals surface area contributed by atoms with E-state index in [2.05, 4.69) is 16.0 Å². The van der Waals surface area contributed by atoms with E-state index in [0.717, 1.165) is 25.7 Å². The Kier molecular flexibility index (Phi) is 17.9. The normalized spacial score (nSPS) is 11.3. The van der Waals surface area contributed by atoms with Crippen LogP contribution in [-0.4, -0.2) is 79.7 Å². The first-order valence-electron chi connectivity index (χ1n) is 13.6. The molecule has 12 nitrogen and oxygen atoms in total. The summed E-state index contributed by atoms with van der Waals surface area (Å²) >= 11 is 0. The summed E-state index contributed by atoms with van der Waals surface area (Å²) in [6, 6.07) is 0. The SMILES string of the molecule is CC(C)(C)OC(=O)NCCCN(CCCCOC(=O)NCNC(=O)CCCCCCN)C(=O)OC(C)(C)C. The molecule has 4 amide bonds. The third kappa shape index (κ3) is 22.4. The minimum atomic E-state index is -0.634. The predicted octanol–water partition coefficient (Wildman–Crippen LogP) is 3.63. The van der Waals surface area contributed by atoms with E-state index in [1.165, 1.54) is 0 Å². The second kappa shape index (κ2) is 19.3. The Morgan fingerprint density at radius 3 is 1.97 bits per heavy atom. The topological polar surface area (TPSA) is 161 Å². The Labute approximate surface area is 228 Å². The molecule has 0 aliphatic carbocycles. The van der Waals surface area contributed by atoms with Gasteiger partial charge in [0.2, 0.25) is 5.91 Å². The van der Waals surface area contributed by atoms with Gasteiger partial charge in [0, 0.05) is 26.1 Å². The van der Waals surface area contributed by atoms with Gasteiger partial charge in [0.25, 0.3) is 0 Å². The highest BCUT2D eigenvalue weighted by atomic mass is 16.6. The summed E-state index contributed by atoms with van der Waals surface area (Å²) in [5.41, 5.74) is 4.23. The highest BCUT2D eigenvalue weighted by molar-refractivity contribution is 5.76. The van der Waals surface area contributed by atoms with E-state index in [0.29, 0.717) is 51.9 Å². The van der Waals surface area contributed by atoms with Gasteiger partial charge in [-0.2, -0.15) is 0 Å². The van der Waals surface area contributed by atoms with Crippen LogP contribution in [0.5, 0.6) is 0 Å². The molecular weight excluding hydrogens is 494 g/mol. The van der Waals surface area contributed by atoms with Gasteiger partial charge in [-0.3, -0.25) is 4.79 Å². The molecule has 0 saturated heterocycles. The average molecular weight is 546 g/mol. The number of carbonyl (C=O) groups excluding carboxylic acids is 4. The molecule has 38 heavy (non-hydrogen) atoms. The number of hydrogen-bond donors (Lipinski definition) is 4. The summed E-state index contributed by atoms with van der Waals surface area (Å²) in [6.07, 6.45) is 4.21. The van der Waals surface area contributed by atoms with Crippen LogP contribution in [0.25, 0.3) is 0 Å². The van der Waals surface area contributed by atoms with Gasteiger partial charge in [-0.25, -0.2) is 14.4 Å². The maximum atomic E-state index is 12.6. The number of rotatable bonds is 17. The molecule has 0 spiro atoms. The molecule has 0 aliphatic heterocycles. The molecule has 0 atom stereocenters. The van der Waals surface area contributed by atoms with Crippen LogP contribution in [0.3, 0.4) is 0 Å². The van der Waals surface area contributed by atoms with Crippen molar-refractivity contribution < 1.29 is 33.4 Å². The number of nitrogens with one attached hydrogen (secondary N) is 3. The minimum absolute atomic E-state index is 0.00419. The Morgan fingerprint density at radius 2 is 1.34 bits per heavy atom. The molecule has 0 heterocycles. The summed E-state index contributed by atoms with van der Waals surface area (Å²) in [5, 5.41) is 7.79. The van der Waals surface area contributed by atoms with E-state index in [9.17, 15) is 19.2 Å². The van der Waals surface area contributed by atoms with Crippen molar-refractivity contribution in [2.75, 3.05) is 39.5 Å². The van der Waals surface area contributed by atoms with Crippen molar-refractivity contribution in [2.45, 2.75) is 104 Å². The van der Waals surface area contributed by atoms with Crippen molar-refractivity contribution in [2.24, 2.45) is 5.73 Å². The third-order valence-corrected chi connectivity index (χ3v) is 4.86. The van der Waals surface area contributed by atoms with Crippen LogP contribution in [-0.2, 0) is 19.0 Å². The van der Waals surface area contributed by atoms with Gasteiger partial charge in [-0.15, -0.1) is 0 Å². The quantitative estimate of drug-likeness (QED) is 0.122. The number of ether oxygens (including phenoxy) is 3. The predicted molar refractivity (Wildman–Crippen MR) is 146 cm³/mol. The Bertz CT molecular complexity index is 705. The minimum Gasteiger partial charge on any atom is -0.450 e. The zero-order chi connectivity index (χ0) is 29.0. The van der Waals surface area contributed by atoms with Crippen molar-refractivity contribution in [1.82, 2.24) is 20.9 Å². The van der Waals surface area contributed by atoms with E-state index in [1.54, 1.807) is 46.4 Å². The van der Waals surface area contributed by atoms with Crippen LogP contribution in [0.2, 0.25) is 0 Å². The van der Waals surface area contributed by atoms with E-state index in [4.69, 9.17) is 19.9 Å². The molecule has 5 N–H and O–H groups in total. The lowest BCUT2D eigenvalue weighted by molar-refractivity contribution is -0.121. The number of alkyl carbamates (subject to hydrolysis) is 2. The van der Waals surface area contributed by atoms with Crippen LogP contribution in [0.4, 0.5) is 14.4 Å². The number of carbonyl (C=O) groups is 4. The molecule has 0 aromatic rings. The fourth-order valence-corrected chi connectivity index (χ4v) is 3.10. The molecule has 222 valence electrons. The monoisotopic (exact) mass is 545 g/mol. The summed E-state index contributed by atoms with van der Waals surface area (Å²) in [7, 11) is 0. The number of hydrogen-bond acceptors (Lipinski definition) is 8. The molecule has 0 aliphatic rings. The van der Waals surface area contributed by atoms with Crippen LogP contribution in [0, 0.1) is 0 Å². The zero-order valence-corrected chi connectivity index (χ0v) is 24.3. The first kappa shape index (κ1) is 35.2. The maximum absolute atomic E-state index is 12.6. The van der Waals surface area contributed by atoms with E-state index in [1.807, 2.05) is 0 Å². The second-order valence-electron chi connectivity index (χ2n) is 11.0. The Morgan fingerprint density at radius 1 is 0.711 bits per heavy atom. The van der Waals surface area contributed by atoms with Gasteiger partial charge in [0.1, 0.15) is 11.2 Å². The lowest BCUT2D eigenvalue weighted by Crippen LogP contribution is -2.39. The zero-order valence-electron chi connectivity index (χ0n) is 24.3. The molecule has 0 aromatic carbocycles. The second-order valence-corrected chi connectivity index (χ2v) is 11.0. The molecule has 12 heteroatoms. The van der Waals surface area contributed by atoms with Gasteiger partial charge in [0.15, 0.2) is 0 Å². The van der Waals surface area contributed by atoms with Gasteiger partial charge < -0.3 is 40.8 Å². The lowest BCUT2D eigenvalue weighted by Gasteiger charge is -2.27. The van der Waals surface area contributed by atoms with Crippen molar-refractivity contribution in [3.63, 3.8) is 0 Å². The maximum Gasteiger partial charge on any atom is 0.410 e. The van der Waals surface area contributed by atoms with Crippen molar-refractivity contribution in [3.8, 4) is 0 Å². The van der Waals surface area contributed by atoms with Gasteiger partial charge in [-0.05, 0) is 80.2 Å². The summed E-state index contributed by atoms with van der Waals surface area (Å²) in [5.74, 6) is -0.124. The molecule has 0 fully saturated rings. The summed E-state index contributed by atoms with van der Waals surface area (Å²) in [6.45, 7) is 12.7. The van der Waals surface area contributed by atoms with Gasteiger partial charge in [0.05, 0.1) is 13.3 Å². The first-order chi connectivity index (χ1) is 17.7.